The van der Waals surface area contributed by atoms with Crippen molar-refractivity contribution in [2.24, 2.45) is 0 Å². The van der Waals surface area contributed by atoms with E-state index in [4.69, 9.17) is 9.47 Å². The van der Waals surface area contributed by atoms with E-state index in [0.717, 1.165) is 27.1 Å². The second-order valence-corrected chi connectivity index (χ2v) is 10.4. The fourth-order valence-corrected chi connectivity index (χ4v) is 6.07. The number of hydrogen-bond donors (Lipinski definition) is 1. The Bertz CT molecular complexity index is 1600. The molecule has 2 atom stereocenters. The summed E-state index contributed by atoms with van der Waals surface area (Å²) in [5, 5.41) is 11.9. The molecular weight excluding hydrogens is 488 g/mol. The van der Waals surface area contributed by atoms with Gasteiger partial charge in [-0.15, -0.1) is 0 Å². The monoisotopic (exact) mass is 512 g/mol. The van der Waals surface area contributed by atoms with Crippen molar-refractivity contribution in [1.82, 2.24) is 4.98 Å². The van der Waals surface area contributed by atoms with Crippen molar-refractivity contribution in [2.75, 3.05) is 12.0 Å². The molecule has 2 aliphatic heterocycles. The molecule has 1 aromatic heterocycles. The molecule has 3 heterocycles. The Kier molecular flexibility index (Phi) is 5.49. The lowest BCUT2D eigenvalue weighted by Crippen LogP contribution is -2.29. The summed E-state index contributed by atoms with van der Waals surface area (Å²) in [6, 6.07) is 17.5. The van der Waals surface area contributed by atoms with Crippen LogP contribution in [0.1, 0.15) is 35.2 Å². The van der Waals surface area contributed by atoms with Gasteiger partial charge in [0, 0.05) is 12.0 Å². The van der Waals surface area contributed by atoms with Gasteiger partial charge in [0.15, 0.2) is 5.13 Å². The summed E-state index contributed by atoms with van der Waals surface area (Å²) < 4.78 is 12.0. The summed E-state index contributed by atoms with van der Waals surface area (Å²) in [7, 11) is 1.57. The first-order valence-corrected chi connectivity index (χ1v) is 12.8. The first-order valence-electron chi connectivity index (χ1n) is 12.0. The van der Waals surface area contributed by atoms with Crippen LogP contribution in [0.4, 0.5) is 5.13 Å². The number of amides is 1. The van der Waals surface area contributed by atoms with Crippen LogP contribution >= 0.6 is 11.3 Å². The summed E-state index contributed by atoms with van der Waals surface area (Å²) >= 11 is 1.34. The van der Waals surface area contributed by atoms with Gasteiger partial charge in [-0.2, -0.15) is 0 Å². The quantitative estimate of drug-likeness (QED) is 0.219. The van der Waals surface area contributed by atoms with E-state index in [0.29, 0.717) is 28.4 Å². The first kappa shape index (κ1) is 23.2. The van der Waals surface area contributed by atoms with Crippen LogP contribution in [0.2, 0.25) is 0 Å². The lowest BCUT2D eigenvalue weighted by Gasteiger charge is -2.23. The third kappa shape index (κ3) is 3.84. The molecule has 0 aliphatic carbocycles. The second-order valence-electron chi connectivity index (χ2n) is 9.36. The maximum absolute atomic E-state index is 13.5. The van der Waals surface area contributed by atoms with Crippen molar-refractivity contribution >= 4 is 44.1 Å². The van der Waals surface area contributed by atoms with E-state index in [-0.39, 0.29) is 17.4 Å². The van der Waals surface area contributed by atoms with Crippen molar-refractivity contribution in [3.8, 4) is 11.5 Å². The summed E-state index contributed by atoms with van der Waals surface area (Å²) in [5.41, 5.74) is 3.92. The zero-order valence-electron chi connectivity index (χ0n) is 20.5. The molecule has 0 bridgehead atoms. The molecule has 4 aromatic rings. The predicted molar refractivity (Wildman–Crippen MR) is 142 cm³/mol. The number of aryl methyl sites for hydroxylation is 1. The molecular formula is C29H24N2O5S. The van der Waals surface area contributed by atoms with Crippen LogP contribution in [0, 0.1) is 6.92 Å². The van der Waals surface area contributed by atoms with Crippen LogP contribution in [-0.4, -0.2) is 35.0 Å². The smallest absolute Gasteiger partial charge is 0.301 e. The highest BCUT2D eigenvalue weighted by molar-refractivity contribution is 7.22. The zero-order chi connectivity index (χ0) is 25.8. The van der Waals surface area contributed by atoms with Crippen molar-refractivity contribution in [3.05, 3.63) is 88.5 Å². The minimum absolute atomic E-state index is 0.0255. The van der Waals surface area contributed by atoms with Gasteiger partial charge >= 0.3 is 5.91 Å². The van der Waals surface area contributed by atoms with Gasteiger partial charge < -0.3 is 14.6 Å². The number of anilines is 1. The van der Waals surface area contributed by atoms with Crippen molar-refractivity contribution in [2.45, 2.75) is 32.4 Å². The number of ketones is 1. The molecule has 0 radical (unpaired) electrons. The van der Waals surface area contributed by atoms with Gasteiger partial charge in [0.2, 0.25) is 0 Å². The van der Waals surface area contributed by atoms with Crippen molar-refractivity contribution in [1.29, 1.82) is 0 Å². The predicted octanol–water partition coefficient (Wildman–Crippen LogP) is 5.56. The van der Waals surface area contributed by atoms with Crippen LogP contribution < -0.4 is 14.4 Å². The summed E-state index contributed by atoms with van der Waals surface area (Å²) in [4.78, 5) is 33.0. The highest BCUT2D eigenvalue weighted by Gasteiger charge is 2.48. The van der Waals surface area contributed by atoms with Crippen molar-refractivity contribution in [3.63, 3.8) is 0 Å². The van der Waals surface area contributed by atoms with Crippen LogP contribution in [-0.2, 0) is 16.0 Å². The Balaban J connectivity index is 1.53. The fraction of sp³-hybridized carbons (Fsp3) is 0.207. The number of aliphatic hydroxyl groups is 1. The molecule has 1 saturated heterocycles. The van der Waals surface area contributed by atoms with Gasteiger partial charge in [0.25, 0.3) is 5.78 Å². The third-order valence-electron chi connectivity index (χ3n) is 6.78. The van der Waals surface area contributed by atoms with Crippen LogP contribution in [0.5, 0.6) is 11.5 Å². The number of fused-ring (bicyclic) bond motifs is 2. The first-order chi connectivity index (χ1) is 17.8. The number of ether oxygens (including phenoxy) is 2. The average molecular weight is 513 g/mol. The lowest BCUT2D eigenvalue weighted by molar-refractivity contribution is -0.132. The Morgan fingerprint density at radius 2 is 1.89 bits per heavy atom. The maximum atomic E-state index is 13.5. The lowest BCUT2D eigenvalue weighted by atomic mass is 9.94. The van der Waals surface area contributed by atoms with E-state index in [2.05, 4.69) is 4.98 Å². The summed E-state index contributed by atoms with van der Waals surface area (Å²) in [6.45, 7) is 3.97. The zero-order valence-corrected chi connectivity index (χ0v) is 21.3. The largest absolute Gasteiger partial charge is 0.507 e. The Morgan fingerprint density at radius 3 is 2.65 bits per heavy atom. The number of carbonyl (C=O) groups excluding carboxylic acids is 2. The van der Waals surface area contributed by atoms with Gasteiger partial charge in [0.05, 0.1) is 28.9 Å². The molecule has 2 aliphatic rings. The number of methoxy groups -OCH3 is 1. The molecule has 0 saturated carbocycles. The molecule has 186 valence electrons. The Labute approximate surface area is 217 Å². The molecule has 0 spiro atoms. The maximum Gasteiger partial charge on any atom is 0.301 e. The minimum atomic E-state index is -0.851. The Hall–Kier alpha value is -4.17. The fourth-order valence-electron chi connectivity index (χ4n) is 4.98. The number of thiazole rings is 1. The van der Waals surface area contributed by atoms with Gasteiger partial charge in [-0.1, -0.05) is 29.5 Å². The summed E-state index contributed by atoms with van der Waals surface area (Å²) in [5.74, 6) is -0.291. The van der Waals surface area contributed by atoms with E-state index in [9.17, 15) is 14.7 Å². The molecule has 1 amide bonds. The number of benzene rings is 3. The van der Waals surface area contributed by atoms with Gasteiger partial charge in [0.1, 0.15) is 23.4 Å². The van der Waals surface area contributed by atoms with E-state index in [1.54, 1.807) is 43.5 Å². The second kappa shape index (κ2) is 8.74. The van der Waals surface area contributed by atoms with E-state index >= 15 is 0 Å². The highest BCUT2D eigenvalue weighted by Crippen LogP contribution is 2.45. The molecule has 7 nitrogen and oxygen atoms in total. The number of Topliss-reactive ketones (excluding diaryl/α,β-unsaturated/α-hetero) is 1. The third-order valence-corrected chi connectivity index (χ3v) is 7.80. The normalized spacial score (nSPS) is 20.4. The van der Waals surface area contributed by atoms with E-state index < -0.39 is 17.7 Å². The summed E-state index contributed by atoms with van der Waals surface area (Å²) in [6.07, 6.45) is 0.748. The van der Waals surface area contributed by atoms with E-state index in [1.807, 2.05) is 38.1 Å². The molecule has 8 heteroatoms. The molecule has 1 fully saturated rings. The molecule has 37 heavy (non-hydrogen) atoms. The molecule has 6 rings (SSSR count). The number of aliphatic hydroxyl groups excluding tert-OH is 1. The molecule has 1 N–H and O–H groups in total. The van der Waals surface area contributed by atoms with Crippen LogP contribution in [0.3, 0.4) is 0 Å². The number of aromatic nitrogens is 1. The number of rotatable bonds is 4. The van der Waals surface area contributed by atoms with Gasteiger partial charge in [-0.05, 0) is 73.0 Å². The SMILES string of the molecule is COc1ccc([C@H]2/C(=C(\O)c3ccc4c(c3)C[C@@H](C)O4)C(=O)C(=O)N2c2nc3ccc(C)cc3s2)cc1. The molecule has 3 aromatic carbocycles. The minimum Gasteiger partial charge on any atom is -0.507 e. The van der Waals surface area contributed by atoms with Crippen LogP contribution in [0.15, 0.2) is 66.2 Å². The van der Waals surface area contributed by atoms with E-state index in [1.165, 1.54) is 16.2 Å². The molecule has 0 unspecified atom stereocenters. The van der Waals surface area contributed by atoms with Gasteiger partial charge in [-0.3, -0.25) is 14.5 Å². The highest BCUT2D eigenvalue weighted by atomic mass is 32.1. The van der Waals surface area contributed by atoms with Gasteiger partial charge in [-0.25, -0.2) is 4.98 Å². The Morgan fingerprint density at radius 1 is 1.11 bits per heavy atom. The number of nitrogens with zero attached hydrogens (tertiary/aromatic N) is 2. The number of hydrogen-bond acceptors (Lipinski definition) is 7. The van der Waals surface area contributed by atoms with Crippen molar-refractivity contribution < 1.29 is 24.2 Å². The topological polar surface area (TPSA) is 89.0 Å². The van der Waals surface area contributed by atoms with Crippen LogP contribution in [0.25, 0.3) is 16.0 Å². The average Bonchev–Trinajstić information content (AvgIpc) is 3.55. The number of carbonyl (C=O) groups is 2. The standard InChI is InChI=1S/C29H24N2O5S/c1-15-4-10-21-23(12-15)37-29(30-21)31-25(17-5-8-20(35-3)9-6-17)24(27(33)28(31)34)26(32)18-7-11-22-19(14-18)13-16(2)36-22/h4-12,14,16,25,32H,13H2,1-3H3/b26-24+/t16-,25+/m1/s1.